The lowest BCUT2D eigenvalue weighted by atomic mass is 9.98. The van der Waals surface area contributed by atoms with Crippen LogP contribution >= 0.6 is 0 Å². The molecule has 0 radical (unpaired) electrons. The molecule has 0 spiro atoms. The van der Waals surface area contributed by atoms with Crippen molar-refractivity contribution >= 4 is 23.5 Å². The summed E-state index contributed by atoms with van der Waals surface area (Å²) in [7, 11) is 0. The number of rotatable bonds is 6. The van der Waals surface area contributed by atoms with Crippen LogP contribution in [0.1, 0.15) is 36.1 Å². The number of isocyanates is 2. The van der Waals surface area contributed by atoms with Crippen molar-refractivity contribution in [2.45, 2.75) is 33.1 Å². The molecule has 0 aliphatic heterocycles. The van der Waals surface area contributed by atoms with Gasteiger partial charge in [-0.15, -0.1) is 0 Å². The third kappa shape index (κ3) is 4.10. The molecule has 2 aromatic rings. The molecule has 0 saturated heterocycles. The molecule has 23 heavy (non-hydrogen) atoms. The van der Waals surface area contributed by atoms with Crippen molar-refractivity contribution in [3.8, 4) is 0 Å². The van der Waals surface area contributed by atoms with Gasteiger partial charge in [-0.1, -0.05) is 38.1 Å². The van der Waals surface area contributed by atoms with Crippen LogP contribution in [0.25, 0.3) is 0 Å². The topological polar surface area (TPSA) is 58.9 Å². The molecule has 0 atom stereocenters. The molecule has 0 unspecified atom stereocenters. The van der Waals surface area contributed by atoms with E-state index in [9.17, 15) is 9.59 Å². The maximum Gasteiger partial charge on any atom is 0.240 e. The molecule has 0 bridgehead atoms. The summed E-state index contributed by atoms with van der Waals surface area (Å²) in [6, 6.07) is 11.7. The largest absolute Gasteiger partial charge is 0.240 e. The van der Waals surface area contributed by atoms with Crippen LogP contribution < -0.4 is 0 Å². The van der Waals surface area contributed by atoms with Gasteiger partial charge in [0.2, 0.25) is 12.2 Å². The van der Waals surface area contributed by atoms with E-state index in [-0.39, 0.29) is 0 Å². The van der Waals surface area contributed by atoms with E-state index < -0.39 is 0 Å². The number of hydrogen-bond acceptors (Lipinski definition) is 4. The molecule has 0 amide bonds. The number of aryl methyl sites for hydroxylation is 2. The molecular formula is C19H18N2O2. The van der Waals surface area contributed by atoms with Crippen LogP contribution in [0, 0.1) is 0 Å². The van der Waals surface area contributed by atoms with Gasteiger partial charge < -0.3 is 0 Å². The number of hydrogen-bond donors (Lipinski definition) is 0. The van der Waals surface area contributed by atoms with E-state index in [1.54, 1.807) is 12.2 Å². The molecule has 0 saturated carbocycles. The molecule has 116 valence electrons. The van der Waals surface area contributed by atoms with Crippen LogP contribution in [-0.4, -0.2) is 12.2 Å². The minimum atomic E-state index is 0.652. The van der Waals surface area contributed by atoms with Crippen LogP contribution in [0.3, 0.4) is 0 Å². The zero-order chi connectivity index (χ0) is 16.7. The van der Waals surface area contributed by atoms with Crippen LogP contribution in [0.5, 0.6) is 0 Å². The van der Waals surface area contributed by atoms with Crippen molar-refractivity contribution in [3.05, 3.63) is 58.7 Å². The Balaban J connectivity index is 2.39. The van der Waals surface area contributed by atoms with Crippen molar-refractivity contribution < 1.29 is 9.59 Å². The van der Waals surface area contributed by atoms with Crippen molar-refractivity contribution in [2.24, 2.45) is 9.98 Å². The molecule has 0 N–H and O–H groups in total. The summed E-state index contributed by atoms with van der Waals surface area (Å²) in [5.41, 5.74) is 5.49. The number of nitrogens with zero attached hydrogens (tertiary/aromatic N) is 2. The minimum absolute atomic E-state index is 0.652. The predicted octanol–water partition coefficient (Wildman–Crippen LogP) is 4.34. The average Bonchev–Trinajstić information content (AvgIpc) is 2.58. The van der Waals surface area contributed by atoms with Gasteiger partial charge in [-0.2, -0.15) is 9.98 Å². The Morgan fingerprint density at radius 1 is 0.783 bits per heavy atom. The number of aliphatic imine (C=N–C) groups is 2. The van der Waals surface area contributed by atoms with E-state index in [2.05, 4.69) is 16.9 Å². The van der Waals surface area contributed by atoms with E-state index in [0.717, 1.165) is 35.1 Å². The van der Waals surface area contributed by atoms with Gasteiger partial charge in [0.15, 0.2) is 0 Å². The third-order valence-electron chi connectivity index (χ3n) is 3.81. The molecule has 0 fully saturated rings. The van der Waals surface area contributed by atoms with Gasteiger partial charge in [-0.05, 0) is 53.6 Å². The van der Waals surface area contributed by atoms with Gasteiger partial charge in [0.05, 0.1) is 11.4 Å². The second kappa shape index (κ2) is 8.00. The Kier molecular flexibility index (Phi) is 5.76. The quantitative estimate of drug-likeness (QED) is 0.589. The highest BCUT2D eigenvalue weighted by Gasteiger charge is 2.07. The highest BCUT2D eigenvalue weighted by molar-refractivity contribution is 5.58. The molecule has 0 aliphatic rings. The first kappa shape index (κ1) is 16.6. The maximum atomic E-state index is 10.7. The van der Waals surface area contributed by atoms with Gasteiger partial charge in [0, 0.05) is 0 Å². The Bertz CT molecular complexity index is 799. The summed E-state index contributed by atoms with van der Waals surface area (Å²) < 4.78 is 0. The minimum Gasteiger partial charge on any atom is -0.211 e. The van der Waals surface area contributed by atoms with Crippen molar-refractivity contribution in [1.29, 1.82) is 0 Å². The normalized spacial score (nSPS) is 9.83. The zero-order valence-electron chi connectivity index (χ0n) is 13.3. The SMILES string of the molecule is CCc1ccc(Cc2ccc(N=C=O)c(CC)c2)c(N=C=O)c1. The molecule has 0 aliphatic carbocycles. The van der Waals surface area contributed by atoms with Crippen LogP contribution in [0.4, 0.5) is 11.4 Å². The average molecular weight is 306 g/mol. The van der Waals surface area contributed by atoms with Crippen LogP contribution in [-0.2, 0) is 28.9 Å². The summed E-state index contributed by atoms with van der Waals surface area (Å²) >= 11 is 0. The molecule has 2 aromatic carbocycles. The Hall–Kier alpha value is -2.80. The van der Waals surface area contributed by atoms with E-state index in [1.807, 2.05) is 43.3 Å². The van der Waals surface area contributed by atoms with Crippen molar-refractivity contribution in [2.75, 3.05) is 0 Å². The van der Waals surface area contributed by atoms with Crippen molar-refractivity contribution in [1.82, 2.24) is 0 Å². The second-order valence-corrected chi connectivity index (χ2v) is 5.22. The van der Waals surface area contributed by atoms with Crippen LogP contribution in [0.2, 0.25) is 0 Å². The Morgan fingerprint density at radius 2 is 1.48 bits per heavy atom. The maximum absolute atomic E-state index is 10.7. The first-order chi connectivity index (χ1) is 11.2. The monoisotopic (exact) mass is 306 g/mol. The lowest BCUT2D eigenvalue weighted by Gasteiger charge is -2.09. The van der Waals surface area contributed by atoms with Gasteiger partial charge in [-0.25, -0.2) is 9.59 Å². The highest BCUT2D eigenvalue weighted by atomic mass is 16.1. The molecular weight excluding hydrogens is 288 g/mol. The first-order valence-corrected chi connectivity index (χ1v) is 7.61. The Morgan fingerprint density at radius 3 is 2.13 bits per heavy atom. The Labute approximate surface area is 135 Å². The lowest BCUT2D eigenvalue weighted by molar-refractivity contribution is 0.564. The third-order valence-corrected chi connectivity index (χ3v) is 3.81. The zero-order valence-corrected chi connectivity index (χ0v) is 13.3. The summed E-state index contributed by atoms with van der Waals surface area (Å²) in [4.78, 5) is 28.7. The fraction of sp³-hybridized carbons (Fsp3) is 0.263. The van der Waals surface area contributed by atoms with Gasteiger partial charge in [0.25, 0.3) is 0 Å². The van der Waals surface area contributed by atoms with E-state index in [0.29, 0.717) is 17.8 Å². The van der Waals surface area contributed by atoms with Gasteiger partial charge in [-0.3, -0.25) is 0 Å². The molecule has 2 rings (SSSR count). The van der Waals surface area contributed by atoms with Crippen molar-refractivity contribution in [3.63, 3.8) is 0 Å². The van der Waals surface area contributed by atoms with Crippen LogP contribution in [0.15, 0.2) is 46.4 Å². The first-order valence-electron chi connectivity index (χ1n) is 7.61. The van der Waals surface area contributed by atoms with E-state index >= 15 is 0 Å². The molecule has 4 heteroatoms. The second-order valence-electron chi connectivity index (χ2n) is 5.22. The van der Waals surface area contributed by atoms with E-state index in [4.69, 9.17) is 0 Å². The summed E-state index contributed by atoms with van der Waals surface area (Å²) in [5, 5.41) is 0. The fourth-order valence-corrected chi connectivity index (χ4v) is 2.54. The van der Waals surface area contributed by atoms with Gasteiger partial charge in [0.1, 0.15) is 0 Å². The van der Waals surface area contributed by atoms with Gasteiger partial charge >= 0.3 is 0 Å². The summed E-state index contributed by atoms with van der Waals surface area (Å²) in [5.74, 6) is 0. The van der Waals surface area contributed by atoms with E-state index in [1.165, 1.54) is 0 Å². The fourth-order valence-electron chi connectivity index (χ4n) is 2.54. The smallest absolute Gasteiger partial charge is 0.211 e. The molecule has 0 aromatic heterocycles. The number of benzene rings is 2. The highest BCUT2D eigenvalue weighted by Crippen LogP contribution is 2.27. The molecule has 0 heterocycles. The number of carbonyl (C=O) groups excluding carboxylic acids is 2. The standard InChI is InChI=1S/C19H18N2O2/c1-3-14-5-7-17(19(11-14)21-13-23)10-15-6-8-18(20-12-22)16(4-2)9-15/h5-9,11H,3-4,10H2,1-2H3. The molecule has 4 nitrogen and oxygen atoms in total. The predicted molar refractivity (Wildman–Crippen MR) is 90.0 cm³/mol. The summed E-state index contributed by atoms with van der Waals surface area (Å²) in [6.07, 6.45) is 5.53. The summed E-state index contributed by atoms with van der Waals surface area (Å²) in [6.45, 7) is 4.07. The lowest BCUT2D eigenvalue weighted by Crippen LogP contribution is -1.93.